The second-order valence-electron chi connectivity index (χ2n) is 9.47. The molecule has 2 N–H and O–H groups in total. The lowest BCUT2D eigenvalue weighted by molar-refractivity contribution is -0.143. The number of benzene rings is 1. The van der Waals surface area contributed by atoms with Gasteiger partial charge in [-0.05, 0) is 69.0 Å². The predicted octanol–water partition coefficient (Wildman–Crippen LogP) is 5.56. The minimum absolute atomic E-state index is 0.0511. The van der Waals surface area contributed by atoms with Gasteiger partial charge in [0.1, 0.15) is 0 Å². The Morgan fingerprint density at radius 2 is 1.74 bits per heavy atom. The van der Waals surface area contributed by atoms with E-state index in [1.807, 2.05) is 0 Å². The summed E-state index contributed by atoms with van der Waals surface area (Å²) in [5, 5.41) is 6.85. The molecule has 208 valence electrons. The van der Waals surface area contributed by atoms with Crippen LogP contribution in [0.4, 0.5) is 36.3 Å². The first kappa shape index (κ1) is 28.1. The van der Waals surface area contributed by atoms with Crippen LogP contribution in [0, 0.1) is 0 Å². The van der Waals surface area contributed by atoms with E-state index in [4.69, 9.17) is 0 Å². The topological polar surface area (TPSA) is 83.6 Å². The van der Waals surface area contributed by atoms with Gasteiger partial charge in [-0.2, -0.15) is 26.3 Å². The van der Waals surface area contributed by atoms with E-state index in [0.29, 0.717) is 37.1 Å². The number of anilines is 1. The molecule has 7 nitrogen and oxygen atoms in total. The number of methoxy groups -OCH3 is 1. The minimum atomic E-state index is -4.99. The Kier molecular flexibility index (Phi) is 7.94. The van der Waals surface area contributed by atoms with Crippen LogP contribution in [0.2, 0.25) is 0 Å². The third-order valence-corrected chi connectivity index (χ3v) is 7.83. The van der Waals surface area contributed by atoms with Gasteiger partial charge in [-0.15, -0.1) is 11.3 Å². The summed E-state index contributed by atoms with van der Waals surface area (Å²) in [6.45, 7) is 1.25. The van der Waals surface area contributed by atoms with E-state index in [1.165, 1.54) is 7.11 Å². The summed E-state index contributed by atoms with van der Waals surface area (Å²) in [6, 6.07) is 1.33. The highest BCUT2D eigenvalue weighted by Crippen LogP contribution is 2.45. The molecule has 0 radical (unpaired) electrons. The van der Waals surface area contributed by atoms with Crippen LogP contribution in [0.15, 0.2) is 23.6 Å². The Morgan fingerprint density at radius 3 is 2.32 bits per heavy atom. The molecule has 1 saturated heterocycles. The number of hydrogen-bond donors (Lipinski definition) is 2. The van der Waals surface area contributed by atoms with Crippen molar-refractivity contribution >= 4 is 28.5 Å². The number of alkyl halides is 6. The van der Waals surface area contributed by atoms with E-state index < -0.39 is 47.4 Å². The first-order valence-corrected chi connectivity index (χ1v) is 12.8. The molecule has 0 bridgehead atoms. The first-order valence-electron chi connectivity index (χ1n) is 11.9. The van der Waals surface area contributed by atoms with Gasteiger partial charge in [0.15, 0.2) is 5.13 Å². The van der Waals surface area contributed by atoms with Gasteiger partial charge < -0.3 is 15.0 Å². The summed E-state index contributed by atoms with van der Waals surface area (Å²) in [4.78, 5) is 31.9. The molecule has 38 heavy (non-hydrogen) atoms. The number of amides is 2. The number of nitrogens with zero attached hydrogens (tertiary/aromatic N) is 2. The lowest BCUT2D eigenvalue weighted by Crippen LogP contribution is -2.44. The molecule has 2 amide bonds. The molecule has 2 fully saturated rings. The van der Waals surface area contributed by atoms with Crippen molar-refractivity contribution in [1.82, 2.24) is 15.2 Å². The molecule has 2 aliphatic rings. The molecule has 2 heterocycles. The number of carbonyl (C=O) groups is 2. The largest absolute Gasteiger partial charge is 0.453 e. The van der Waals surface area contributed by atoms with Crippen molar-refractivity contribution in [3.8, 4) is 0 Å². The van der Waals surface area contributed by atoms with E-state index in [1.54, 1.807) is 5.38 Å². The monoisotopic (exact) mass is 564 g/mol. The fourth-order valence-electron chi connectivity index (χ4n) is 5.16. The Bertz CT molecular complexity index is 1150. The van der Waals surface area contributed by atoms with Crippen LogP contribution in [0.25, 0.3) is 0 Å². The molecule has 1 saturated carbocycles. The van der Waals surface area contributed by atoms with Gasteiger partial charge in [-0.1, -0.05) is 0 Å². The predicted molar refractivity (Wildman–Crippen MR) is 127 cm³/mol. The molecule has 14 heteroatoms. The molecule has 1 aliphatic carbocycles. The Labute approximate surface area is 218 Å². The van der Waals surface area contributed by atoms with Gasteiger partial charge in [0.25, 0.3) is 0 Å². The Balaban J connectivity index is 1.60. The van der Waals surface area contributed by atoms with Crippen molar-refractivity contribution in [3.63, 3.8) is 0 Å². The average molecular weight is 565 g/mol. The fraction of sp³-hybridized carbons (Fsp3) is 0.542. The molecule has 2 aromatic rings. The zero-order valence-electron chi connectivity index (χ0n) is 20.3. The van der Waals surface area contributed by atoms with Crippen molar-refractivity contribution in [2.45, 2.75) is 62.5 Å². The van der Waals surface area contributed by atoms with Crippen LogP contribution in [0.1, 0.15) is 54.5 Å². The molecule has 1 aliphatic heterocycles. The van der Waals surface area contributed by atoms with Gasteiger partial charge in [-0.25, -0.2) is 9.78 Å². The highest BCUT2D eigenvalue weighted by molar-refractivity contribution is 7.14. The normalized spacial score (nSPS) is 22.4. The quantitative estimate of drug-likeness (QED) is 0.449. The number of rotatable bonds is 6. The van der Waals surface area contributed by atoms with Crippen LogP contribution in [0.5, 0.6) is 0 Å². The minimum Gasteiger partial charge on any atom is -0.453 e. The summed E-state index contributed by atoms with van der Waals surface area (Å²) >= 11 is 1.09. The van der Waals surface area contributed by atoms with Crippen LogP contribution >= 0.6 is 11.3 Å². The molecular weight excluding hydrogens is 538 g/mol. The van der Waals surface area contributed by atoms with Crippen molar-refractivity contribution < 1.29 is 40.7 Å². The summed E-state index contributed by atoms with van der Waals surface area (Å²) in [5.74, 6) is -0.542. The standard InChI is InChI=1S/C24H26F6N4O3S/c1-37-21(36)33-20-32-18(13-38-20)22(5-4-17(11-22)34-6-2-3-7-34)19(35)31-12-14-8-15(23(25,26)27)10-16(9-14)24(28,29)30/h8-10,13,17H,2-7,11-12H2,1H3,(H,31,35)(H,32,33,36). The summed E-state index contributed by atoms with van der Waals surface area (Å²) in [6.07, 6.45) is -7.19. The van der Waals surface area contributed by atoms with Gasteiger partial charge in [0, 0.05) is 18.0 Å². The summed E-state index contributed by atoms with van der Waals surface area (Å²) in [7, 11) is 1.19. The zero-order valence-corrected chi connectivity index (χ0v) is 21.2. The van der Waals surface area contributed by atoms with E-state index in [-0.39, 0.29) is 22.8 Å². The van der Waals surface area contributed by atoms with E-state index in [9.17, 15) is 35.9 Å². The summed E-state index contributed by atoms with van der Waals surface area (Å²) < 4.78 is 84.2. The smallest absolute Gasteiger partial charge is 0.416 e. The molecule has 1 aromatic carbocycles. The van der Waals surface area contributed by atoms with Crippen molar-refractivity contribution in [3.05, 3.63) is 46.0 Å². The molecule has 1 aromatic heterocycles. The SMILES string of the molecule is COC(=O)Nc1nc(C2(C(=O)NCc3cc(C(F)(F)F)cc(C(F)(F)F)c3)CCC(N3CCCC3)C2)cs1. The maximum absolute atomic E-state index is 13.6. The van der Waals surface area contributed by atoms with Crippen molar-refractivity contribution in [2.75, 3.05) is 25.5 Å². The van der Waals surface area contributed by atoms with E-state index in [0.717, 1.165) is 37.3 Å². The van der Waals surface area contributed by atoms with Gasteiger partial charge >= 0.3 is 18.4 Å². The Hall–Kier alpha value is -2.87. The summed E-state index contributed by atoms with van der Waals surface area (Å²) in [5.41, 5.74) is -3.99. The number of ether oxygens (including phenoxy) is 1. The average Bonchev–Trinajstić information content (AvgIpc) is 3.62. The van der Waals surface area contributed by atoms with Gasteiger partial charge in [-0.3, -0.25) is 10.1 Å². The number of nitrogens with one attached hydrogen (secondary N) is 2. The molecule has 2 unspecified atom stereocenters. The molecule has 4 rings (SSSR count). The number of thiazole rings is 1. The van der Waals surface area contributed by atoms with Crippen LogP contribution in [0.3, 0.4) is 0 Å². The first-order chi connectivity index (χ1) is 17.8. The van der Waals surface area contributed by atoms with Crippen LogP contribution < -0.4 is 10.6 Å². The van der Waals surface area contributed by atoms with E-state index in [2.05, 4.69) is 25.3 Å². The molecular formula is C24H26F6N4O3S. The fourth-order valence-corrected chi connectivity index (χ4v) is 5.95. The number of aromatic nitrogens is 1. The number of halogens is 6. The highest BCUT2D eigenvalue weighted by Gasteiger charge is 2.50. The number of hydrogen-bond acceptors (Lipinski definition) is 6. The lowest BCUT2D eigenvalue weighted by Gasteiger charge is -2.29. The Morgan fingerprint density at radius 1 is 1.11 bits per heavy atom. The van der Waals surface area contributed by atoms with Gasteiger partial charge in [0.2, 0.25) is 5.91 Å². The lowest BCUT2D eigenvalue weighted by atomic mass is 9.81. The number of likely N-dealkylation sites (tertiary alicyclic amines) is 1. The second kappa shape index (κ2) is 10.7. The highest BCUT2D eigenvalue weighted by atomic mass is 32.1. The van der Waals surface area contributed by atoms with Gasteiger partial charge in [0.05, 0.1) is 29.3 Å². The van der Waals surface area contributed by atoms with Crippen molar-refractivity contribution in [1.29, 1.82) is 0 Å². The maximum Gasteiger partial charge on any atom is 0.416 e. The van der Waals surface area contributed by atoms with Crippen LogP contribution in [-0.2, 0) is 33.8 Å². The molecule has 0 spiro atoms. The van der Waals surface area contributed by atoms with Crippen molar-refractivity contribution in [2.24, 2.45) is 0 Å². The molecule has 2 atom stereocenters. The number of carbonyl (C=O) groups excluding carboxylic acids is 2. The van der Waals surface area contributed by atoms with E-state index >= 15 is 0 Å². The third kappa shape index (κ3) is 6.06. The van der Waals surface area contributed by atoms with Crippen LogP contribution in [-0.4, -0.2) is 48.1 Å². The maximum atomic E-state index is 13.6. The zero-order chi connectivity index (χ0) is 27.7. The second-order valence-corrected chi connectivity index (χ2v) is 10.3. The third-order valence-electron chi connectivity index (χ3n) is 7.07.